The van der Waals surface area contributed by atoms with Gasteiger partial charge in [0.05, 0.1) is 12.6 Å². The number of aromatic amines is 1. The number of aromatic nitrogens is 4. The summed E-state index contributed by atoms with van der Waals surface area (Å²) in [6.45, 7) is 0.234. The average molecular weight is 407 g/mol. The van der Waals surface area contributed by atoms with E-state index in [1.54, 1.807) is 0 Å². The first-order valence-electron chi connectivity index (χ1n) is 8.99. The predicted molar refractivity (Wildman–Crippen MR) is 112 cm³/mol. The Labute approximate surface area is 169 Å². The van der Waals surface area contributed by atoms with Crippen LogP contribution in [0, 0.1) is 0 Å². The van der Waals surface area contributed by atoms with Crippen molar-refractivity contribution >= 4 is 10.9 Å². The van der Waals surface area contributed by atoms with Crippen LogP contribution < -0.4 is 11.2 Å². The van der Waals surface area contributed by atoms with Gasteiger partial charge in [-0.25, -0.2) is 4.79 Å². The summed E-state index contributed by atoms with van der Waals surface area (Å²) in [4.78, 5) is 32.2. The summed E-state index contributed by atoms with van der Waals surface area (Å²) >= 11 is 0. The van der Waals surface area contributed by atoms with Gasteiger partial charge >= 0.3 is 5.69 Å². The van der Waals surface area contributed by atoms with E-state index in [4.69, 9.17) is 4.52 Å². The zero-order valence-corrected chi connectivity index (χ0v) is 16.6. The zero-order valence-electron chi connectivity index (χ0n) is 15.7. The van der Waals surface area contributed by atoms with E-state index in [0.29, 0.717) is 22.5 Å². The molecule has 2 heterocycles. The van der Waals surface area contributed by atoms with Crippen molar-refractivity contribution in [2.45, 2.75) is 17.3 Å². The SMILES string of the molecule is C[S+](Cc1noc(-c2ccccc2)n1)c1cc(=O)n(Cc2ccccc2)c(=O)[nH]1. The first-order chi connectivity index (χ1) is 14.1. The molecule has 2 aromatic carbocycles. The van der Waals surface area contributed by atoms with Gasteiger partial charge in [-0.1, -0.05) is 53.7 Å². The molecular weight excluding hydrogens is 388 g/mol. The van der Waals surface area contributed by atoms with Crippen LogP contribution in [0.15, 0.2) is 85.9 Å². The van der Waals surface area contributed by atoms with E-state index in [2.05, 4.69) is 15.1 Å². The summed E-state index contributed by atoms with van der Waals surface area (Å²) in [6.07, 6.45) is 1.94. The highest BCUT2D eigenvalue weighted by atomic mass is 32.2. The second kappa shape index (κ2) is 8.32. The molecule has 1 N–H and O–H groups in total. The molecule has 4 aromatic rings. The molecule has 0 aliphatic heterocycles. The smallest absolute Gasteiger partial charge is 0.332 e. The Hall–Kier alpha value is -3.39. The van der Waals surface area contributed by atoms with Crippen molar-refractivity contribution in [3.05, 3.63) is 99.0 Å². The van der Waals surface area contributed by atoms with Gasteiger partial charge in [0.25, 0.3) is 11.4 Å². The molecule has 0 bridgehead atoms. The number of rotatable bonds is 6. The Kier molecular flexibility index (Phi) is 5.44. The molecule has 0 amide bonds. The lowest BCUT2D eigenvalue weighted by Gasteiger charge is -2.06. The van der Waals surface area contributed by atoms with Crippen LogP contribution in [0.4, 0.5) is 0 Å². The topological polar surface area (TPSA) is 93.8 Å². The fourth-order valence-corrected chi connectivity index (χ4v) is 4.11. The van der Waals surface area contributed by atoms with Gasteiger partial charge in [-0.3, -0.25) is 14.3 Å². The molecule has 7 nitrogen and oxygen atoms in total. The minimum atomic E-state index is -0.457. The quantitative estimate of drug-likeness (QED) is 0.391. The Balaban J connectivity index is 1.52. The standard InChI is InChI=1S/C21H18N4O3S/c1-29(14-17-22-20(28-24-17)16-10-6-3-7-11-16)18-12-19(26)25(21(27)23-18)13-15-8-4-2-5-9-15/h2-12H,13-14H2,1H3/p+1. The van der Waals surface area contributed by atoms with Crippen LogP contribution >= 0.6 is 0 Å². The van der Waals surface area contributed by atoms with Gasteiger partial charge in [-0.15, -0.1) is 0 Å². The molecule has 1 unspecified atom stereocenters. The number of benzene rings is 2. The molecule has 1 atom stereocenters. The van der Waals surface area contributed by atoms with Crippen LogP contribution in [0.25, 0.3) is 11.5 Å². The van der Waals surface area contributed by atoms with Gasteiger partial charge in [-0.05, 0) is 17.7 Å². The number of H-pyrrole nitrogens is 1. The fraction of sp³-hybridized carbons (Fsp3) is 0.143. The number of nitrogens with zero attached hydrogens (tertiary/aromatic N) is 3. The van der Waals surface area contributed by atoms with E-state index in [1.165, 1.54) is 10.6 Å². The molecule has 0 spiro atoms. The molecule has 4 rings (SSSR count). The van der Waals surface area contributed by atoms with Crippen LogP contribution in [0.2, 0.25) is 0 Å². The van der Waals surface area contributed by atoms with Gasteiger partial charge in [-0.2, -0.15) is 4.98 Å². The maximum Gasteiger partial charge on any atom is 0.332 e. The average Bonchev–Trinajstić information content (AvgIpc) is 3.20. The van der Waals surface area contributed by atoms with Crippen molar-refractivity contribution in [1.82, 2.24) is 19.7 Å². The molecule has 8 heteroatoms. The molecule has 146 valence electrons. The number of hydrogen-bond donors (Lipinski definition) is 1. The molecule has 29 heavy (non-hydrogen) atoms. The summed E-state index contributed by atoms with van der Waals surface area (Å²) in [6, 6.07) is 20.4. The summed E-state index contributed by atoms with van der Waals surface area (Å²) in [5, 5.41) is 4.60. The minimum Gasteiger partial charge on any atom is -0.334 e. The van der Waals surface area contributed by atoms with Gasteiger partial charge in [0, 0.05) is 16.5 Å². The third-order valence-electron chi connectivity index (χ3n) is 4.39. The molecule has 0 aliphatic rings. The normalized spacial score (nSPS) is 12.0. The van der Waals surface area contributed by atoms with Crippen LogP contribution in [-0.2, 0) is 23.2 Å². The van der Waals surface area contributed by atoms with E-state index < -0.39 is 16.6 Å². The lowest BCUT2D eigenvalue weighted by molar-refractivity contribution is 0.425. The molecule has 2 aromatic heterocycles. The van der Waals surface area contributed by atoms with Crippen LogP contribution in [0.5, 0.6) is 0 Å². The third kappa shape index (κ3) is 4.38. The maximum absolute atomic E-state index is 12.5. The molecule has 0 fully saturated rings. The van der Waals surface area contributed by atoms with E-state index in [1.807, 2.05) is 66.9 Å². The predicted octanol–water partition coefficient (Wildman–Crippen LogP) is 2.44. The van der Waals surface area contributed by atoms with Crippen molar-refractivity contribution in [3.63, 3.8) is 0 Å². The summed E-state index contributed by atoms with van der Waals surface area (Å²) < 4.78 is 6.52. The van der Waals surface area contributed by atoms with Crippen molar-refractivity contribution in [2.24, 2.45) is 0 Å². The Bertz CT molecular complexity index is 1180. The maximum atomic E-state index is 12.5. The van der Waals surface area contributed by atoms with Crippen molar-refractivity contribution in [1.29, 1.82) is 0 Å². The fourth-order valence-electron chi connectivity index (χ4n) is 2.88. The Morgan fingerprint density at radius 2 is 1.72 bits per heavy atom. The number of hydrogen-bond acceptors (Lipinski definition) is 5. The molecule has 0 radical (unpaired) electrons. The Morgan fingerprint density at radius 1 is 1.03 bits per heavy atom. The lowest BCUT2D eigenvalue weighted by Crippen LogP contribution is -2.36. The van der Waals surface area contributed by atoms with Crippen molar-refractivity contribution in [2.75, 3.05) is 6.26 Å². The molecule has 0 aliphatic carbocycles. The second-order valence-electron chi connectivity index (χ2n) is 6.51. The first-order valence-corrected chi connectivity index (χ1v) is 10.8. The van der Waals surface area contributed by atoms with Crippen molar-refractivity contribution in [3.8, 4) is 11.5 Å². The van der Waals surface area contributed by atoms with Crippen LogP contribution in [-0.4, -0.2) is 25.9 Å². The van der Waals surface area contributed by atoms with E-state index >= 15 is 0 Å². The van der Waals surface area contributed by atoms with Gasteiger partial charge in [0.1, 0.15) is 6.26 Å². The summed E-state index contributed by atoms with van der Waals surface area (Å²) in [5.74, 6) is 1.45. The van der Waals surface area contributed by atoms with Crippen LogP contribution in [0.3, 0.4) is 0 Å². The third-order valence-corrected chi connectivity index (χ3v) is 6.05. The van der Waals surface area contributed by atoms with Crippen LogP contribution in [0.1, 0.15) is 11.4 Å². The van der Waals surface area contributed by atoms with E-state index in [9.17, 15) is 9.59 Å². The monoisotopic (exact) mass is 407 g/mol. The largest absolute Gasteiger partial charge is 0.334 e. The molecule has 0 saturated carbocycles. The highest BCUT2D eigenvalue weighted by Crippen LogP contribution is 2.18. The number of nitrogens with one attached hydrogen (secondary N) is 1. The van der Waals surface area contributed by atoms with Gasteiger partial charge < -0.3 is 4.52 Å². The van der Waals surface area contributed by atoms with E-state index in [-0.39, 0.29) is 12.1 Å². The highest BCUT2D eigenvalue weighted by Gasteiger charge is 2.23. The highest BCUT2D eigenvalue weighted by molar-refractivity contribution is 7.95. The van der Waals surface area contributed by atoms with E-state index in [0.717, 1.165) is 11.1 Å². The molecular formula is C21H19N4O3S+. The first kappa shape index (κ1) is 18.9. The van der Waals surface area contributed by atoms with Gasteiger partial charge in [0.15, 0.2) is 5.75 Å². The van der Waals surface area contributed by atoms with Crippen molar-refractivity contribution < 1.29 is 4.52 Å². The minimum absolute atomic E-state index is 0.234. The Morgan fingerprint density at radius 3 is 2.41 bits per heavy atom. The summed E-state index contributed by atoms with van der Waals surface area (Å²) in [5.41, 5.74) is 0.988. The zero-order chi connectivity index (χ0) is 20.2. The summed E-state index contributed by atoms with van der Waals surface area (Å²) in [7, 11) is -0.457. The second-order valence-corrected chi connectivity index (χ2v) is 8.51. The lowest BCUT2D eigenvalue weighted by atomic mass is 10.2. The van der Waals surface area contributed by atoms with Gasteiger partial charge in [0.2, 0.25) is 10.9 Å². The molecule has 0 saturated heterocycles.